The lowest BCUT2D eigenvalue weighted by molar-refractivity contribution is 0.414. The molecule has 0 unspecified atom stereocenters. The Morgan fingerprint density at radius 1 is 1.07 bits per heavy atom. The summed E-state index contributed by atoms with van der Waals surface area (Å²) in [6, 6.07) is 15.9. The number of benzene rings is 2. The third kappa shape index (κ3) is 5.27. The molecule has 3 rings (SSSR count). The molecule has 0 aliphatic heterocycles. The Labute approximate surface area is 174 Å². The second-order valence-electron chi connectivity index (χ2n) is 5.97. The fourth-order valence-corrected chi connectivity index (χ4v) is 3.79. The first-order valence-corrected chi connectivity index (χ1v) is 10.3. The highest BCUT2D eigenvalue weighted by Gasteiger charge is 2.08. The van der Waals surface area contributed by atoms with Crippen LogP contribution >= 0.6 is 24.0 Å². The van der Waals surface area contributed by atoms with Gasteiger partial charge in [0.1, 0.15) is 17.0 Å². The van der Waals surface area contributed by atoms with Crippen LogP contribution in [0, 0.1) is 0 Å². The molecule has 3 aromatic rings. The number of ether oxygens (including phenoxy) is 2. The highest BCUT2D eigenvalue weighted by molar-refractivity contribution is 7.99. The molecule has 0 aliphatic rings. The molecule has 0 radical (unpaired) electrons. The summed E-state index contributed by atoms with van der Waals surface area (Å²) in [6.45, 7) is 0.807. The van der Waals surface area contributed by atoms with Gasteiger partial charge in [0.2, 0.25) is 0 Å². The number of thioether (sulfide) groups is 1. The number of rotatable bonds is 8. The van der Waals surface area contributed by atoms with Gasteiger partial charge in [0.05, 0.1) is 14.2 Å². The quantitative estimate of drug-likeness (QED) is 0.315. The van der Waals surface area contributed by atoms with Crippen LogP contribution < -0.4 is 20.1 Å². The number of nitrogens with zero attached hydrogens (tertiary/aromatic N) is 1. The largest absolute Gasteiger partial charge is 0.497 e. The Hall–Kier alpha value is -2.51. The van der Waals surface area contributed by atoms with E-state index in [1.54, 1.807) is 20.4 Å². The first-order valence-electron chi connectivity index (χ1n) is 8.94. The zero-order valence-electron chi connectivity index (χ0n) is 15.9. The van der Waals surface area contributed by atoms with Crippen molar-refractivity contribution in [3.05, 3.63) is 54.7 Å². The van der Waals surface area contributed by atoms with Crippen molar-refractivity contribution in [3.8, 4) is 11.5 Å². The number of aromatic nitrogens is 1. The molecule has 0 bridgehead atoms. The van der Waals surface area contributed by atoms with E-state index in [-0.39, 0.29) is 0 Å². The Bertz CT molecular complexity index is 933. The molecule has 2 aromatic carbocycles. The van der Waals surface area contributed by atoms with E-state index in [0.717, 1.165) is 46.8 Å². The topological polar surface area (TPSA) is 55.4 Å². The molecular weight excluding hydrogens is 390 g/mol. The van der Waals surface area contributed by atoms with Gasteiger partial charge in [-0.1, -0.05) is 0 Å². The summed E-state index contributed by atoms with van der Waals surface area (Å²) >= 11 is 7.26. The molecule has 0 spiro atoms. The van der Waals surface area contributed by atoms with Gasteiger partial charge >= 0.3 is 0 Å². The summed E-state index contributed by atoms with van der Waals surface area (Å²) in [7, 11) is 3.32. The first kappa shape index (κ1) is 20.2. The average Bonchev–Trinajstić information content (AvgIpc) is 2.74. The van der Waals surface area contributed by atoms with Crippen molar-refractivity contribution < 1.29 is 9.47 Å². The zero-order valence-corrected chi connectivity index (χ0v) is 17.5. The summed E-state index contributed by atoms with van der Waals surface area (Å²) in [5.74, 6) is 2.64. The highest BCUT2D eigenvalue weighted by atomic mass is 32.2. The summed E-state index contributed by atoms with van der Waals surface area (Å²) in [5, 5.41) is 8.10. The van der Waals surface area contributed by atoms with Crippen molar-refractivity contribution in [1.29, 1.82) is 0 Å². The van der Waals surface area contributed by atoms with E-state index in [9.17, 15) is 0 Å². The van der Waals surface area contributed by atoms with E-state index in [1.807, 2.05) is 48.2 Å². The van der Waals surface area contributed by atoms with Gasteiger partial charge in [-0.3, -0.25) is 4.98 Å². The third-order valence-corrected chi connectivity index (χ3v) is 5.48. The fraction of sp³-hybridized carbons (Fsp3) is 0.238. The molecular formula is C21H23N3O2S2. The fourth-order valence-electron chi connectivity index (χ4n) is 2.72. The number of nitrogens with one attached hydrogen (secondary N) is 2. The van der Waals surface area contributed by atoms with Crippen molar-refractivity contribution in [2.45, 2.75) is 11.3 Å². The molecule has 0 atom stereocenters. The zero-order chi connectivity index (χ0) is 19.8. The van der Waals surface area contributed by atoms with Gasteiger partial charge < -0.3 is 20.1 Å². The first-order chi connectivity index (χ1) is 13.7. The van der Waals surface area contributed by atoms with E-state index >= 15 is 0 Å². The van der Waals surface area contributed by atoms with Crippen LogP contribution in [-0.2, 0) is 0 Å². The van der Waals surface area contributed by atoms with Crippen molar-refractivity contribution in [1.82, 2.24) is 10.3 Å². The summed E-state index contributed by atoms with van der Waals surface area (Å²) < 4.78 is 10.6. The molecule has 0 amide bonds. The van der Waals surface area contributed by atoms with Crippen molar-refractivity contribution in [2.24, 2.45) is 0 Å². The minimum absolute atomic E-state index is 0.602. The van der Waals surface area contributed by atoms with Crippen LogP contribution in [0.5, 0.6) is 11.5 Å². The van der Waals surface area contributed by atoms with Crippen LogP contribution in [0.15, 0.2) is 59.6 Å². The van der Waals surface area contributed by atoms with Gasteiger partial charge in [-0.2, -0.15) is 0 Å². The third-order valence-electron chi connectivity index (χ3n) is 4.14. The average molecular weight is 414 g/mol. The lowest BCUT2D eigenvalue weighted by atomic mass is 10.1. The molecule has 1 aromatic heterocycles. The molecule has 28 heavy (non-hydrogen) atoms. The number of anilines is 1. The van der Waals surface area contributed by atoms with E-state index < -0.39 is 0 Å². The molecule has 2 N–H and O–H groups in total. The summed E-state index contributed by atoms with van der Waals surface area (Å²) in [5.41, 5.74) is 1.72. The van der Waals surface area contributed by atoms with Gasteiger partial charge in [0, 0.05) is 28.7 Å². The maximum Gasteiger partial charge on any atom is 0.170 e. The standard InChI is InChI=1S/C21H23N3O2S2/c1-25-15-6-8-16(9-7-15)28-14-4-13-23-21(27)24-18-10-11-19(26-2)20-17(18)5-3-12-22-20/h3,5-12H,4,13-14H2,1-2H3,(H2,23,24,27). The van der Waals surface area contributed by atoms with E-state index in [4.69, 9.17) is 21.7 Å². The van der Waals surface area contributed by atoms with Crippen molar-refractivity contribution >= 4 is 45.7 Å². The Kier molecular flexibility index (Phi) is 7.33. The van der Waals surface area contributed by atoms with Crippen LogP contribution in [0.3, 0.4) is 0 Å². The minimum atomic E-state index is 0.602. The Morgan fingerprint density at radius 3 is 2.64 bits per heavy atom. The van der Waals surface area contributed by atoms with Crippen LogP contribution in [-0.4, -0.2) is 36.6 Å². The number of thiocarbonyl (C=S) groups is 1. The number of pyridine rings is 1. The monoisotopic (exact) mass is 413 g/mol. The second kappa shape index (κ2) is 10.1. The highest BCUT2D eigenvalue weighted by Crippen LogP contribution is 2.29. The minimum Gasteiger partial charge on any atom is -0.497 e. The lowest BCUT2D eigenvalue weighted by Crippen LogP contribution is -2.29. The van der Waals surface area contributed by atoms with Crippen LogP contribution in [0.2, 0.25) is 0 Å². The molecule has 1 heterocycles. The van der Waals surface area contributed by atoms with Gasteiger partial charge in [0.25, 0.3) is 0 Å². The van der Waals surface area contributed by atoms with Gasteiger partial charge in [0.15, 0.2) is 5.11 Å². The maximum absolute atomic E-state index is 5.44. The smallest absolute Gasteiger partial charge is 0.170 e. The number of methoxy groups -OCH3 is 2. The van der Waals surface area contributed by atoms with E-state index in [0.29, 0.717) is 5.11 Å². The number of fused-ring (bicyclic) bond motifs is 1. The SMILES string of the molecule is COc1ccc(SCCCNC(=S)Nc2ccc(OC)c3ncccc23)cc1. The molecule has 7 heteroatoms. The second-order valence-corrected chi connectivity index (χ2v) is 7.55. The van der Waals surface area contributed by atoms with Crippen molar-refractivity contribution in [3.63, 3.8) is 0 Å². The van der Waals surface area contributed by atoms with E-state index in [2.05, 4.69) is 27.8 Å². The predicted octanol–water partition coefficient (Wildman–Crippen LogP) is 4.72. The van der Waals surface area contributed by atoms with Crippen molar-refractivity contribution in [2.75, 3.05) is 31.8 Å². The Balaban J connectivity index is 1.46. The molecule has 0 saturated heterocycles. The lowest BCUT2D eigenvalue weighted by Gasteiger charge is -2.13. The molecule has 146 valence electrons. The van der Waals surface area contributed by atoms with Gasteiger partial charge in [-0.05, 0) is 72.9 Å². The molecule has 0 fully saturated rings. The van der Waals surface area contributed by atoms with Crippen LogP contribution in [0.25, 0.3) is 10.9 Å². The number of hydrogen-bond donors (Lipinski definition) is 2. The normalized spacial score (nSPS) is 10.5. The summed E-state index contributed by atoms with van der Waals surface area (Å²) in [4.78, 5) is 5.64. The molecule has 5 nitrogen and oxygen atoms in total. The summed E-state index contributed by atoms with van der Waals surface area (Å²) in [6.07, 6.45) is 2.76. The number of hydrogen-bond acceptors (Lipinski definition) is 5. The maximum atomic E-state index is 5.44. The van der Waals surface area contributed by atoms with Crippen LogP contribution in [0.1, 0.15) is 6.42 Å². The molecule has 0 aliphatic carbocycles. The van der Waals surface area contributed by atoms with Gasteiger partial charge in [-0.25, -0.2) is 0 Å². The van der Waals surface area contributed by atoms with E-state index in [1.165, 1.54) is 4.90 Å². The Morgan fingerprint density at radius 2 is 1.89 bits per heavy atom. The predicted molar refractivity (Wildman–Crippen MR) is 121 cm³/mol. The molecule has 0 saturated carbocycles. The van der Waals surface area contributed by atoms with Gasteiger partial charge in [-0.15, -0.1) is 11.8 Å². The van der Waals surface area contributed by atoms with Crippen LogP contribution in [0.4, 0.5) is 5.69 Å².